The highest BCUT2D eigenvalue weighted by molar-refractivity contribution is 5.84. The number of aromatic nitrogens is 2. The van der Waals surface area contributed by atoms with E-state index < -0.39 is 5.97 Å². The van der Waals surface area contributed by atoms with Crippen molar-refractivity contribution in [3.63, 3.8) is 0 Å². The first kappa shape index (κ1) is 7.53. The summed E-state index contributed by atoms with van der Waals surface area (Å²) in [5, 5.41) is 8.29. The molecular formula is C7H8N2O2. The molecule has 0 unspecified atom stereocenters. The molecule has 0 aliphatic carbocycles. The molecule has 1 aromatic heterocycles. The van der Waals surface area contributed by atoms with Crippen LogP contribution in [0.4, 0.5) is 0 Å². The van der Waals surface area contributed by atoms with Gasteiger partial charge in [0.25, 0.3) is 0 Å². The SMILES string of the molecule is Cn1cncc1/C=C\C(=O)O. The molecule has 0 aromatic carbocycles. The molecule has 0 radical (unpaired) electrons. The number of carbonyl (C=O) groups is 1. The lowest BCUT2D eigenvalue weighted by Gasteiger charge is -1.91. The van der Waals surface area contributed by atoms with E-state index in [9.17, 15) is 4.79 Å². The number of hydrogen-bond donors (Lipinski definition) is 1. The zero-order valence-electron chi connectivity index (χ0n) is 6.06. The van der Waals surface area contributed by atoms with Crippen molar-refractivity contribution in [3.8, 4) is 0 Å². The van der Waals surface area contributed by atoms with E-state index in [1.807, 2.05) is 0 Å². The number of imidazole rings is 1. The van der Waals surface area contributed by atoms with E-state index in [0.717, 1.165) is 11.8 Å². The highest BCUT2D eigenvalue weighted by Gasteiger charge is 1.92. The quantitative estimate of drug-likeness (QED) is 0.628. The highest BCUT2D eigenvalue weighted by Crippen LogP contribution is 1.97. The first-order valence-electron chi connectivity index (χ1n) is 3.07. The molecule has 0 saturated heterocycles. The summed E-state index contributed by atoms with van der Waals surface area (Å²) in [4.78, 5) is 13.9. The van der Waals surface area contributed by atoms with Gasteiger partial charge in [0.15, 0.2) is 0 Å². The van der Waals surface area contributed by atoms with Crippen molar-refractivity contribution < 1.29 is 9.90 Å². The average molecular weight is 152 g/mol. The van der Waals surface area contributed by atoms with Gasteiger partial charge in [-0.15, -0.1) is 0 Å². The normalized spacial score (nSPS) is 10.6. The monoisotopic (exact) mass is 152 g/mol. The molecule has 1 N–H and O–H groups in total. The van der Waals surface area contributed by atoms with Crippen LogP contribution in [0.1, 0.15) is 5.69 Å². The van der Waals surface area contributed by atoms with E-state index in [1.165, 1.54) is 6.08 Å². The molecule has 58 valence electrons. The van der Waals surface area contributed by atoms with Crippen molar-refractivity contribution in [1.29, 1.82) is 0 Å². The zero-order chi connectivity index (χ0) is 8.27. The highest BCUT2D eigenvalue weighted by atomic mass is 16.4. The Kier molecular flexibility index (Phi) is 2.06. The predicted octanol–water partition coefficient (Wildman–Crippen LogP) is 0.518. The molecule has 11 heavy (non-hydrogen) atoms. The van der Waals surface area contributed by atoms with Crippen molar-refractivity contribution in [1.82, 2.24) is 9.55 Å². The van der Waals surface area contributed by atoms with Gasteiger partial charge in [-0.3, -0.25) is 0 Å². The van der Waals surface area contributed by atoms with Crippen molar-refractivity contribution >= 4 is 12.0 Å². The van der Waals surface area contributed by atoms with Gasteiger partial charge in [0, 0.05) is 13.1 Å². The van der Waals surface area contributed by atoms with Crippen molar-refractivity contribution in [2.24, 2.45) is 7.05 Å². The number of nitrogens with zero attached hydrogens (tertiary/aromatic N) is 2. The molecule has 0 spiro atoms. The maximum atomic E-state index is 10.1. The standard InChI is InChI=1S/C7H8N2O2/c1-9-5-8-4-6(9)2-3-7(10)11/h2-5H,1H3,(H,10,11)/b3-2-. The molecule has 0 atom stereocenters. The van der Waals surface area contributed by atoms with Crippen LogP contribution >= 0.6 is 0 Å². The van der Waals surface area contributed by atoms with E-state index in [-0.39, 0.29) is 0 Å². The number of carboxylic acids is 1. The number of aliphatic carboxylic acids is 1. The Bertz CT molecular complexity index is 288. The largest absolute Gasteiger partial charge is 0.478 e. The summed E-state index contributed by atoms with van der Waals surface area (Å²) in [6, 6.07) is 0. The van der Waals surface area contributed by atoms with Gasteiger partial charge < -0.3 is 9.67 Å². The Morgan fingerprint density at radius 1 is 1.82 bits per heavy atom. The molecule has 4 nitrogen and oxygen atoms in total. The fourth-order valence-electron chi connectivity index (χ4n) is 0.685. The van der Waals surface area contributed by atoms with Crippen LogP contribution in [0, 0.1) is 0 Å². The van der Waals surface area contributed by atoms with Gasteiger partial charge in [-0.1, -0.05) is 0 Å². The third-order valence-electron chi connectivity index (χ3n) is 1.25. The second kappa shape index (κ2) is 3.01. The lowest BCUT2D eigenvalue weighted by atomic mass is 10.4. The molecule has 0 fully saturated rings. The van der Waals surface area contributed by atoms with Gasteiger partial charge in [-0.25, -0.2) is 9.78 Å². The van der Waals surface area contributed by atoms with Crippen molar-refractivity contribution in [3.05, 3.63) is 24.3 Å². The van der Waals surface area contributed by atoms with E-state index >= 15 is 0 Å². The first-order chi connectivity index (χ1) is 5.20. The summed E-state index contributed by atoms with van der Waals surface area (Å²) in [7, 11) is 1.80. The van der Waals surface area contributed by atoms with Gasteiger partial charge in [-0.05, 0) is 6.08 Å². The molecule has 0 aliphatic rings. The summed E-state index contributed by atoms with van der Waals surface area (Å²) in [6.45, 7) is 0. The second-order valence-electron chi connectivity index (χ2n) is 2.10. The maximum absolute atomic E-state index is 10.1. The zero-order valence-corrected chi connectivity index (χ0v) is 6.06. The van der Waals surface area contributed by atoms with Crippen LogP contribution in [0.3, 0.4) is 0 Å². The second-order valence-corrected chi connectivity index (χ2v) is 2.10. The summed E-state index contributed by atoms with van der Waals surface area (Å²) < 4.78 is 1.74. The fourth-order valence-corrected chi connectivity index (χ4v) is 0.685. The van der Waals surface area contributed by atoms with Crippen molar-refractivity contribution in [2.45, 2.75) is 0 Å². The smallest absolute Gasteiger partial charge is 0.328 e. The Morgan fingerprint density at radius 3 is 3.00 bits per heavy atom. The van der Waals surface area contributed by atoms with Gasteiger partial charge in [-0.2, -0.15) is 0 Å². The summed E-state index contributed by atoms with van der Waals surface area (Å²) >= 11 is 0. The van der Waals surface area contributed by atoms with Gasteiger partial charge in [0.05, 0.1) is 18.2 Å². The van der Waals surface area contributed by atoms with Gasteiger partial charge in [0.2, 0.25) is 0 Å². The minimum Gasteiger partial charge on any atom is -0.478 e. The minimum atomic E-state index is -0.953. The Balaban J connectivity index is 2.79. The minimum absolute atomic E-state index is 0.771. The fraction of sp³-hybridized carbons (Fsp3) is 0.143. The Hall–Kier alpha value is -1.58. The number of aryl methyl sites for hydroxylation is 1. The van der Waals surface area contributed by atoms with Crippen LogP contribution in [0.5, 0.6) is 0 Å². The lowest BCUT2D eigenvalue weighted by Crippen LogP contribution is -1.90. The van der Waals surface area contributed by atoms with Crippen LogP contribution in [0.2, 0.25) is 0 Å². The van der Waals surface area contributed by atoms with E-state index in [1.54, 1.807) is 24.1 Å². The van der Waals surface area contributed by atoms with E-state index in [4.69, 9.17) is 5.11 Å². The van der Waals surface area contributed by atoms with Crippen LogP contribution in [-0.4, -0.2) is 20.6 Å². The predicted molar refractivity (Wildman–Crippen MR) is 39.9 cm³/mol. The molecule has 0 aliphatic heterocycles. The first-order valence-corrected chi connectivity index (χ1v) is 3.07. The summed E-state index contributed by atoms with van der Waals surface area (Å²) in [5.41, 5.74) is 0.771. The molecule has 0 amide bonds. The molecule has 1 rings (SSSR count). The molecule has 1 heterocycles. The topological polar surface area (TPSA) is 55.1 Å². The van der Waals surface area contributed by atoms with Crippen molar-refractivity contribution in [2.75, 3.05) is 0 Å². The summed E-state index contributed by atoms with van der Waals surface area (Å²) in [5.74, 6) is -0.953. The molecule has 4 heteroatoms. The lowest BCUT2D eigenvalue weighted by molar-refractivity contribution is -0.131. The van der Waals surface area contributed by atoms with Crippen LogP contribution in [-0.2, 0) is 11.8 Å². The Morgan fingerprint density at radius 2 is 2.55 bits per heavy atom. The molecular weight excluding hydrogens is 144 g/mol. The van der Waals surface area contributed by atoms with E-state index in [0.29, 0.717) is 0 Å². The van der Waals surface area contributed by atoms with Gasteiger partial charge >= 0.3 is 5.97 Å². The van der Waals surface area contributed by atoms with E-state index in [2.05, 4.69) is 4.98 Å². The van der Waals surface area contributed by atoms with Crippen LogP contribution in [0.15, 0.2) is 18.6 Å². The maximum Gasteiger partial charge on any atom is 0.328 e. The van der Waals surface area contributed by atoms with Crippen LogP contribution in [0.25, 0.3) is 6.08 Å². The number of carboxylic acid groups (broad SMARTS) is 1. The van der Waals surface area contributed by atoms with Gasteiger partial charge in [0.1, 0.15) is 0 Å². The molecule has 1 aromatic rings. The third kappa shape index (κ3) is 1.93. The number of hydrogen-bond acceptors (Lipinski definition) is 2. The third-order valence-corrected chi connectivity index (χ3v) is 1.25. The van der Waals surface area contributed by atoms with Crippen LogP contribution < -0.4 is 0 Å². The molecule has 0 bridgehead atoms. The number of rotatable bonds is 2. The molecule has 0 saturated carbocycles. The summed E-state index contributed by atoms with van der Waals surface area (Å²) in [6.07, 6.45) is 5.79. The average Bonchev–Trinajstić information content (AvgIpc) is 2.31. The Labute approximate surface area is 63.8 Å².